The molecule has 0 aromatic heterocycles. The predicted octanol–water partition coefficient (Wildman–Crippen LogP) is 2.64. The summed E-state index contributed by atoms with van der Waals surface area (Å²) in [6, 6.07) is 16.1. The highest BCUT2D eigenvalue weighted by atomic mass is 32.2. The van der Waals surface area contributed by atoms with E-state index in [1.54, 1.807) is 36.4 Å². The Labute approximate surface area is 125 Å². The maximum Gasteiger partial charge on any atom is 0.349 e. The van der Waals surface area contributed by atoms with Gasteiger partial charge in [-0.3, -0.25) is 4.55 Å². The molecular weight excluding hydrogens is 286 g/mol. The number of benzene rings is 2. The van der Waals surface area contributed by atoms with Crippen molar-refractivity contribution >= 4 is 22.7 Å². The Kier molecular flexibility index (Phi) is 4.90. The van der Waals surface area contributed by atoms with Crippen molar-refractivity contribution < 1.29 is 13.6 Å². The third-order valence-electron chi connectivity index (χ3n) is 2.87. The Hall–Kier alpha value is -2.40. The van der Waals surface area contributed by atoms with Gasteiger partial charge in [0.1, 0.15) is 0 Å². The molecule has 2 aromatic rings. The van der Waals surface area contributed by atoms with E-state index in [0.29, 0.717) is 11.1 Å². The molecule has 106 valence electrons. The monoisotopic (exact) mass is 299 g/mol. The highest BCUT2D eigenvalue weighted by molar-refractivity contribution is 7.78. The van der Waals surface area contributed by atoms with Gasteiger partial charge < -0.3 is 5.53 Å². The molecule has 0 fully saturated rings. The lowest BCUT2D eigenvalue weighted by atomic mass is 9.99. The van der Waals surface area contributed by atoms with E-state index in [2.05, 4.69) is 9.19 Å². The second-order valence-electron chi connectivity index (χ2n) is 4.35. The normalized spacial score (nSPS) is 12.6. The Morgan fingerprint density at radius 1 is 1.10 bits per heavy atom. The van der Waals surface area contributed by atoms with Crippen molar-refractivity contribution in [2.75, 3.05) is 0 Å². The Bertz CT molecular complexity index is 733. The lowest BCUT2D eigenvalue weighted by molar-refractivity contribution is -0.000421. The van der Waals surface area contributed by atoms with Crippen molar-refractivity contribution in [3.05, 3.63) is 76.8 Å². The first-order valence-electron chi connectivity index (χ1n) is 6.16. The van der Waals surface area contributed by atoms with Gasteiger partial charge in [0, 0.05) is 5.56 Å². The van der Waals surface area contributed by atoms with Crippen molar-refractivity contribution in [1.29, 1.82) is 0 Å². The summed E-state index contributed by atoms with van der Waals surface area (Å²) in [5, 5.41) is 0. The van der Waals surface area contributed by atoms with Gasteiger partial charge in [0.25, 0.3) is 11.3 Å². The quantitative estimate of drug-likeness (QED) is 0.407. The second kappa shape index (κ2) is 6.85. The van der Waals surface area contributed by atoms with Gasteiger partial charge in [0.15, 0.2) is 5.71 Å². The molecule has 0 bridgehead atoms. The van der Waals surface area contributed by atoms with Crippen molar-refractivity contribution in [1.82, 2.24) is 0 Å². The van der Waals surface area contributed by atoms with E-state index in [4.69, 9.17) is 4.55 Å². The highest BCUT2D eigenvalue weighted by Crippen LogP contribution is 2.10. The van der Waals surface area contributed by atoms with Gasteiger partial charge in [-0.15, -0.1) is 0 Å². The van der Waals surface area contributed by atoms with Gasteiger partial charge in [0.2, 0.25) is 0 Å². The Morgan fingerprint density at radius 2 is 1.71 bits per heavy atom. The molecule has 1 atom stereocenters. The lowest BCUT2D eigenvalue weighted by Gasteiger charge is -2.02. The summed E-state index contributed by atoms with van der Waals surface area (Å²) in [6.45, 7) is 1.94. The molecule has 2 rings (SSSR count). The molecule has 21 heavy (non-hydrogen) atoms. The van der Waals surface area contributed by atoms with Crippen molar-refractivity contribution in [2.45, 2.75) is 6.92 Å². The van der Waals surface area contributed by atoms with Crippen LogP contribution in [0.2, 0.25) is 0 Å². The minimum atomic E-state index is -2.40. The minimum absolute atomic E-state index is 0.142. The van der Waals surface area contributed by atoms with Gasteiger partial charge in [-0.25, -0.2) is 4.21 Å². The van der Waals surface area contributed by atoms with Crippen LogP contribution in [0.3, 0.4) is 0 Å². The molecule has 0 aliphatic rings. The molecule has 1 N–H and O–H groups in total. The molecule has 0 spiro atoms. The molecule has 0 saturated heterocycles. The zero-order valence-corrected chi connectivity index (χ0v) is 12.1. The van der Waals surface area contributed by atoms with Gasteiger partial charge in [-0.2, -0.15) is 9.19 Å². The summed E-state index contributed by atoms with van der Waals surface area (Å²) in [5.41, 5.74) is 11.9. The first-order valence-corrected chi connectivity index (χ1v) is 7.22. The molecule has 1 unspecified atom stereocenters. The van der Waals surface area contributed by atoms with Crippen molar-refractivity contribution in [3.8, 4) is 0 Å². The van der Waals surface area contributed by atoms with E-state index in [9.17, 15) is 9.74 Å². The van der Waals surface area contributed by atoms with Crippen LogP contribution in [0.1, 0.15) is 16.7 Å². The maximum absolute atomic E-state index is 11.1. The van der Waals surface area contributed by atoms with Gasteiger partial charge >= 0.3 is 5.71 Å². The summed E-state index contributed by atoms with van der Waals surface area (Å²) >= 11 is -2.40. The Balaban J connectivity index is 2.57. The topological polar surface area (TPSA) is 86.1 Å². The average molecular weight is 299 g/mol. The summed E-state index contributed by atoms with van der Waals surface area (Å²) < 4.78 is 23.8. The number of rotatable bonds is 4. The van der Waals surface area contributed by atoms with Crippen LogP contribution in [-0.2, 0) is 11.3 Å². The van der Waals surface area contributed by atoms with Crippen LogP contribution < -0.4 is 0 Å². The van der Waals surface area contributed by atoms with E-state index in [1.807, 2.05) is 25.1 Å². The van der Waals surface area contributed by atoms with E-state index in [1.165, 1.54) is 0 Å². The van der Waals surface area contributed by atoms with Gasteiger partial charge in [0.05, 0.1) is 5.56 Å². The molecule has 5 nitrogen and oxygen atoms in total. The van der Waals surface area contributed by atoms with E-state index >= 15 is 0 Å². The van der Waals surface area contributed by atoms with Crippen molar-refractivity contribution in [3.63, 3.8) is 0 Å². The summed E-state index contributed by atoms with van der Waals surface area (Å²) in [5.74, 6) is 0. The summed E-state index contributed by atoms with van der Waals surface area (Å²) in [7, 11) is 0. The Morgan fingerprint density at radius 3 is 2.24 bits per heavy atom. The second-order valence-corrected chi connectivity index (χ2v) is 5.00. The number of aryl methyl sites for hydroxylation is 1. The predicted molar refractivity (Wildman–Crippen MR) is 82.7 cm³/mol. The fraction of sp³-hybridized carbons (Fsp3) is 0.0667. The highest BCUT2D eigenvalue weighted by Gasteiger charge is 2.23. The smallest absolute Gasteiger partial charge is 0.349 e. The minimum Gasteiger partial charge on any atom is -0.361 e. The zero-order valence-electron chi connectivity index (χ0n) is 11.3. The van der Waals surface area contributed by atoms with E-state index < -0.39 is 11.3 Å². The molecule has 0 heterocycles. The SMILES string of the molecule is Cc1ccc(C(=[N+]=[N-])/C(=N/S(=O)O)c2ccccc2)cc1. The molecule has 0 aliphatic heterocycles. The number of nitrogens with zero attached hydrogens (tertiary/aromatic N) is 3. The molecule has 2 aromatic carbocycles. The fourth-order valence-electron chi connectivity index (χ4n) is 1.86. The first-order chi connectivity index (χ1) is 10.1. The lowest BCUT2D eigenvalue weighted by Crippen LogP contribution is -2.19. The fourth-order valence-corrected chi connectivity index (χ4v) is 2.21. The van der Waals surface area contributed by atoms with Gasteiger partial charge in [-0.05, 0) is 19.1 Å². The molecule has 0 saturated carbocycles. The average Bonchev–Trinajstić information content (AvgIpc) is 2.49. The van der Waals surface area contributed by atoms with Crippen LogP contribution >= 0.6 is 0 Å². The van der Waals surface area contributed by atoms with Crippen LogP contribution in [0, 0.1) is 6.92 Å². The molecule has 0 amide bonds. The molecule has 0 aliphatic carbocycles. The number of hydrogen-bond acceptors (Lipinski definition) is 1. The molecule has 0 radical (unpaired) electrons. The zero-order chi connectivity index (χ0) is 15.2. The summed E-state index contributed by atoms with van der Waals surface area (Å²) in [4.78, 5) is 3.26. The van der Waals surface area contributed by atoms with Crippen LogP contribution in [0.4, 0.5) is 0 Å². The largest absolute Gasteiger partial charge is 0.361 e. The number of hydrogen-bond donors (Lipinski definition) is 1. The standard InChI is InChI=1S/C15H13N3O2S/c1-11-7-9-13(10-8-11)14(17-16)15(18-21(19)20)12-5-3-2-4-6-12/h2-10H,1H3,(H,19,20)/b18-15+. The van der Waals surface area contributed by atoms with E-state index in [-0.39, 0.29) is 11.4 Å². The van der Waals surface area contributed by atoms with Crippen LogP contribution in [0.25, 0.3) is 5.53 Å². The summed E-state index contributed by atoms with van der Waals surface area (Å²) in [6.07, 6.45) is 0. The van der Waals surface area contributed by atoms with E-state index in [0.717, 1.165) is 5.56 Å². The molecular formula is C15H13N3O2S. The van der Waals surface area contributed by atoms with Crippen LogP contribution in [0.15, 0.2) is 59.0 Å². The third kappa shape index (κ3) is 3.79. The van der Waals surface area contributed by atoms with Gasteiger partial charge in [-0.1, -0.05) is 48.0 Å². The van der Waals surface area contributed by atoms with Crippen LogP contribution in [0.5, 0.6) is 0 Å². The maximum atomic E-state index is 11.1. The molecule has 6 heteroatoms. The van der Waals surface area contributed by atoms with Crippen LogP contribution in [-0.4, -0.2) is 25.0 Å². The third-order valence-corrected chi connectivity index (χ3v) is 3.20. The van der Waals surface area contributed by atoms with Crippen molar-refractivity contribution in [2.24, 2.45) is 4.40 Å². The first kappa shape index (κ1) is 15.0.